The maximum atomic E-state index is 12.9. The standard InChI is InChI=1S/C19H19FN4O2/c1-13-23-17(11-18(24-13)22-12-16-3-2-10-26-16)19(25)21-9-8-14-4-6-15(20)7-5-14/h2-7,10-11H,8-9,12H2,1H3,(H,21,25)(H,22,23,24). The molecule has 2 heterocycles. The zero-order valence-corrected chi connectivity index (χ0v) is 14.3. The van der Waals surface area contributed by atoms with Gasteiger partial charge in [-0.2, -0.15) is 0 Å². The molecule has 0 aliphatic rings. The number of amides is 1. The van der Waals surface area contributed by atoms with E-state index in [4.69, 9.17) is 4.42 Å². The van der Waals surface area contributed by atoms with Gasteiger partial charge in [0.15, 0.2) is 0 Å². The van der Waals surface area contributed by atoms with Gasteiger partial charge in [-0.1, -0.05) is 12.1 Å². The second-order valence-electron chi connectivity index (χ2n) is 5.75. The second kappa shape index (κ2) is 8.24. The molecule has 0 saturated carbocycles. The Hall–Kier alpha value is -3.22. The Morgan fingerprint density at radius 3 is 2.73 bits per heavy atom. The Morgan fingerprint density at radius 1 is 1.19 bits per heavy atom. The number of carbonyl (C=O) groups excluding carboxylic acids is 1. The molecule has 2 N–H and O–H groups in total. The molecule has 3 rings (SSSR count). The van der Waals surface area contributed by atoms with E-state index in [1.165, 1.54) is 12.1 Å². The summed E-state index contributed by atoms with van der Waals surface area (Å²) in [5.74, 6) is 1.27. The molecule has 134 valence electrons. The number of aryl methyl sites for hydroxylation is 1. The number of carbonyl (C=O) groups is 1. The van der Waals surface area contributed by atoms with Crippen molar-refractivity contribution in [3.8, 4) is 0 Å². The van der Waals surface area contributed by atoms with Gasteiger partial charge in [-0.25, -0.2) is 14.4 Å². The Labute approximate surface area is 150 Å². The van der Waals surface area contributed by atoms with Gasteiger partial charge in [-0.3, -0.25) is 4.79 Å². The van der Waals surface area contributed by atoms with Crippen LogP contribution in [0.25, 0.3) is 0 Å². The van der Waals surface area contributed by atoms with Crippen LogP contribution in [-0.4, -0.2) is 22.4 Å². The summed E-state index contributed by atoms with van der Waals surface area (Å²) in [4.78, 5) is 20.8. The van der Waals surface area contributed by atoms with Crippen LogP contribution in [-0.2, 0) is 13.0 Å². The van der Waals surface area contributed by atoms with Gasteiger partial charge in [0.25, 0.3) is 5.91 Å². The molecule has 7 heteroatoms. The third-order valence-electron chi connectivity index (χ3n) is 3.71. The first-order chi connectivity index (χ1) is 12.6. The van der Waals surface area contributed by atoms with E-state index in [0.717, 1.165) is 11.3 Å². The summed E-state index contributed by atoms with van der Waals surface area (Å²) in [5, 5.41) is 5.93. The molecule has 0 unspecified atom stereocenters. The fourth-order valence-corrected chi connectivity index (χ4v) is 2.43. The van der Waals surface area contributed by atoms with Crippen molar-refractivity contribution < 1.29 is 13.6 Å². The van der Waals surface area contributed by atoms with Gasteiger partial charge >= 0.3 is 0 Å². The van der Waals surface area contributed by atoms with Crippen LogP contribution in [0.2, 0.25) is 0 Å². The zero-order chi connectivity index (χ0) is 18.4. The molecule has 2 aromatic heterocycles. The molecule has 1 aromatic carbocycles. The fraction of sp³-hybridized carbons (Fsp3) is 0.211. The van der Waals surface area contributed by atoms with E-state index in [9.17, 15) is 9.18 Å². The van der Waals surface area contributed by atoms with E-state index in [0.29, 0.717) is 36.8 Å². The summed E-state index contributed by atoms with van der Waals surface area (Å²) in [6.07, 6.45) is 2.21. The van der Waals surface area contributed by atoms with Gasteiger partial charge in [-0.15, -0.1) is 0 Å². The first kappa shape index (κ1) is 17.6. The maximum absolute atomic E-state index is 12.9. The van der Waals surface area contributed by atoms with E-state index >= 15 is 0 Å². The Kier molecular flexibility index (Phi) is 5.58. The molecule has 0 bridgehead atoms. The quantitative estimate of drug-likeness (QED) is 0.681. The number of hydrogen-bond donors (Lipinski definition) is 2. The molecule has 0 spiro atoms. The van der Waals surface area contributed by atoms with Crippen LogP contribution >= 0.6 is 0 Å². The van der Waals surface area contributed by atoms with E-state index in [1.807, 2.05) is 12.1 Å². The third-order valence-corrected chi connectivity index (χ3v) is 3.71. The summed E-state index contributed by atoms with van der Waals surface area (Å²) in [6, 6.07) is 11.5. The van der Waals surface area contributed by atoms with Gasteiger partial charge in [0.1, 0.15) is 28.9 Å². The lowest BCUT2D eigenvalue weighted by molar-refractivity contribution is 0.0949. The number of rotatable bonds is 7. The van der Waals surface area contributed by atoms with Gasteiger partial charge in [0, 0.05) is 12.6 Å². The number of benzene rings is 1. The van der Waals surface area contributed by atoms with Gasteiger partial charge in [-0.05, 0) is 43.2 Å². The Bertz CT molecular complexity index is 864. The highest BCUT2D eigenvalue weighted by atomic mass is 19.1. The number of halogens is 1. The predicted octanol–water partition coefficient (Wildman–Crippen LogP) is 3.10. The van der Waals surface area contributed by atoms with Crippen molar-refractivity contribution >= 4 is 11.7 Å². The lowest BCUT2D eigenvalue weighted by atomic mass is 10.1. The van der Waals surface area contributed by atoms with Crippen molar-refractivity contribution in [3.05, 3.63) is 77.4 Å². The van der Waals surface area contributed by atoms with Crippen molar-refractivity contribution in [2.24, 2.45) is 0 Å². The highest BCUT2D eigenvalue weighted by molar-refractivity contribution is 5.92. The van der Waals surface area contributed by atoms with Crippen LogP contribution < -0.4 is 10.6 Å². The first-order valence-electron chi connectivity index (χ1n) is 8.25. The van der Waals surface area contributed by atoms with Crippen LogP contribution in [0.3, 0.4) is 0 Å². The SMILES string of the molecule is Cc1nc(NCc2ccco2)cc(C(=O)NCCc2ccc(F)cc2)n1. The van der Waals surface area contributed by atoms with Crippen molar-refractivity contribution in [2.45, 2.75) is 19.9 Å². The van der Waals surface area contributed by atoms with Crippen molar-refractivity contribution in [1.82, 2.24) is 15.3 Å². The number of anilines is 1. The summed E-state index contributed by atoms with van der Waals surface area (Å²) in [5.41, 5.74) is 1.24. The summed E-state index contributed by atoms with van der Waals surface area (Å²) >= 11 is 0. The Balaban J connectivity index is 1.56. The van der Waals surface area contributed by atoms with Crippen molar-refractivity contribution in [3.63, 3.8) is 0 Å². The molecule has 0 radical (unpaired) electrons. The normalized spacial score (nSPS) is 10.5. The van der Waals surface area contributed by atoms with Gasteiger partial charge < -0.3 is 15.1 Å². The zero-order valence-electron chi connectivity index (χ0n) is 14.3. The lowest BCUT2D eigenvalue weighted by Gasteiger charge is -2.08. The molecule has 1 amide bonds. The average Bonchev–Trinajstić information content (AvgIpc) is 3.15. The average molecular weight is 354 g/mol. The van der Waals surface area contributed by atoms with Gasteiger partial charge in [0.2, 0.25) is 0 Å². The number of aromatic nitrogens is 2. The third kappa shape index (κ3) is 4.89. The van der Waals surface area contributed by atoms with E-state index in [-0.39, 0.29) is 11.7 Å². The summed E-state index contributed by atoms with van der Waals surface area (Å²) in [6.45, 7) is 2.63. The minimum Gasteiger partial charge on any atom is -0.467 e. The van der Waals surface area contributed by atoms with Crippen LogP contribution in [0, 0.1) is 12.7 Å². The monoisotopic (exact) mass is 354 g/mol. The number of nitrogens with zero attached hydrogens (tertiary/aromatic N) is 2. The van der Waals surface area contributed by atoms with Crippen LogP contribution in [0.1, 0.15) is 27.6 Å². The topological polar surface area (TPSA) is 80.0 Å². The minimum absolute atomic E-state index is 0.274. The highest BCUT2D eigenvalue weighted by Crippen LogP contribution is 2.10. The molecule has 3 aromatic rings. The van der Waals surface area contributed by atoms with E-state index in [2.05, 4.69) is 20.6 Å². The van der Waals surface area contributed by atoms with Crippen LogP contribution in [0.15, 0.2) is 53.1 Å². The molecular weight excluding hydrogens is 335 g/mol. The lowest BCUT2D eigenvalue weighted by Crippen LogP contribution is -2.27. The van der Waals surface area contributed by atoms with Crippen LogP contribution in [0.4, 0.5) is 10.2 Å². The van der Waals surface area contributed by atoms with E-state index in [1.54, 1.807) is 31.4 Å². The van der Waals surface area contributed by atoms with E-state index < -0.39 is 0 Å². The second-order valence-corrected chi connectivity index (χ2v) is 5.75. The predicted molar refractivity (Wildman–Crippen MR) is 95.2 cm³/mol. The summed E-state index contributed by atoms with van der Waals surface area (Å²) < 4.78 is 18.1. The molecular formula is C19H19FN4O2. The molecule has 0 fully saturated rings. The smallest absolute Gasteiger partial charge is 0.270 e. The molecule has 6 nitrogen and oxygen atoms in total. The number of furan rings is 1. The molecule has 0 atom stereocenters. The Morgan fingerprint density at radius 2 is 2.00 bits per heavy atom. The summed E-state index contributed by atoms with van der Waals surface area (Å²) in [7, 11) is 0. The first-order valence-corrected chi connectivity index (χ1v) is 8.25. The largest absolute Gasteiger partial charge is 0.467 e. The van der Waals surface area contributed by atoms with Crippen LogP contribution in [0.5, 0.6) is 0 Å². The molecule has 0 aliphatic carbocycles. The molecule has 0 saturated heterocycles. The molecule has 26 heavy (non-hydrogen) atoms. The number of nitrogens with one attached hydrogen (secondary N) is 2. The highest BCUT2D eigenvalue weighted by Gasteiger charge is 2.10. The van der Waals surface area contributed by atoms with Crippen molar-refractivity contribution in [2.75, 3.05) is 11.9 Å². The molecule has 0 aliphatic heterocycles. The van der Waals surface area contributed by atoms with Crippen molar-refractivity contribution in [1.29, 1.82) is 0 Å². The van der Waals surface area contributed by atoms with Gasteiger partial charge in [0.05, 0.1) is 12.8 Å². The maximum Gasteiger partial charge on any atom is 0.270 e. The minimum atomic E-state index is -0.279. The number of hydrogen-bond acceptors (Lipinski definition) is 5. The fourth-order valence-electron chi connectivity index (χ4n) is 2.43.